The number of aryl methyl sites for hydroxylation is 1. The molecular formula is C13H20N4S. The van der Waals surface area contributed by atoms with Crippen LogP contribution >= 0.6 is 11.3 Å². The molecule has 0 aliphatic carbocycles. The van der Waals surface area contributed by atoms with Crippen molar-refractivity contribution in [3.05, 3.63) is 22.8 Å². The van der Waals surface area contributed by atoms with E-state index in [4.69, 9.17) is 4.98 Å². The van der Waals surface area contributed by atoms with E-state index in [0.29, 0.717) is 0 Å². The third kappa shape index (κ3) is 2.62. The van der Waals surface area contributed by atoms with Gasteiger partial charge in [-0.3, -0.25) is 4.68 Å². The summed E-state index contributed by atoms with van der Waals surface area (Å²) in [7, 11) is 3.89. The maximum atomic E-state index is 4.79. The van der Waals surface area contributed by atoms with Crippen LogP contribution in [-0.4, -0.2) is 21.8 Å². The summed E-state index contributed by atoms with van der Waals surface area (Å²) in [6.07, 6.45) is 1.95. The van der Waals surface area contributed by atoms with E-state index in [1.807, 2.05) is 31.0 Å². The molecule has 2 rings (SSSR count). The molecule has 2 heterocycles. The molecule has 0 aliphatic heterocycles. The molecule has 0 fully saturated rings. The molecule has 0 bridgehead atoms. The second kappa shape index (κ2) is 4.82. The molecule has 0 atom stereocenters. The molecule has 1 N–H and O–H groups in total. The number of aromatic nitrogens is 3. The molecule has 0 saturated heterocycles. The highest BCUT2D eigenvalue weighted by atomic mass is 32.1. The first-order chi connectivity index (χ1) is 8.41. The zero-order valence-electron chi connectivity index (χ0n) is 11.6. The zero-order valence-corrected chi connectivity index (χ0v) is 12.4. The maximum Gasteiger partial charge on any atom is 0.144 e. The highest BCUT2D eigenvalue weighted by Crippen LogP contribution is 2.33. The molecule has 4 nitrogen and oxygen atoms in total. The molecule has 2 aromatic heterocycles. The van der Waals surface area contributed by atoms with Gasteiger partial charge < -0.3 is 5.32 Å². The molecule has 0 amide bonds. The van der Waals surface area contributed by atoms with Crippen molar-refractivity contribution in [2.45, 2.75) is 32.7 Å². The molecule has 18 heavy (non-hydrogen) atoms. The molecule has 98 valence electrons. The van der Waals surface area contributed by atoms with Crippen LogP contribution < -0.4 is 5.32 Å². The van der Waals surface area contributed by atoms with Gasteiger partial charge in [-0.1, -0.05) is 20.8 Å². The lowest BCUT2D eigenvalue weighted by Crippen LogP contribution is -2.16. The van der Waals surface area contributed by atoms with E-state index in [9.17, 15) is 0 Å². The second-order valence-electron chi connectivity index (χ2n) is 5.45. The van der Waals surface area contributed by atoms with E-state index in [-0.39, 0.29) is 5.41 Å². The van der Waals surface area contributed by atoms with E-state index < -0.39 is 0 Å². The minimum Gasteiger partial charge on any atom is -0.315 e. The highest BCUT2D eigenvalue weighted by molar-refractivity contribution is 7.15. The Balaban J connectivity index is 2.45. The number of rotatable bonds is 3. The van der Waals surface area contributed by atoms with E-state index in [1.54, 1.807) is 11.3 Å². The van der Waals surface area contributed by atoms with Gasteiger partial charge in [0.15, 0.2) is 0 Å². The first-order valence-corrected chi connectivity index (χ1v) is 6.88. The quantitative estimate of drug-likeness (QED) is 0.926. The third-order valence-corrected chi connectivity index (χ3v) is 3.76. The van der Waals surface area contributed by atoms with Crippen LogP contribution in [0.2, 0.25) is 0 Å². The van der Waals surface area contributed by atoms with Gasteiger partial charge in [-0.25, -0.2) is 4.98 Å². The van der Waals surface area contributed by atoms with Crippen LogP contribution in [0.1, 0.15) is 31.3 Å². The van der Waals surface area contributed by atoms with Gasteiger partial charge in [0.25, 0.3) is 0 Å². The van der Waals surface area contributed by atoms with Crippen LogP contribution in [0.5, 0.6) is 0 Å². The lowest BCUT2D eigenvalue weighted by molar-refractivity contribution is 0.563. The Kier molecular flexibility index (Phi) is 3.54. The molecule has 0 radical (unpaired) electrons. The number of hydrogen-bond donors (Lipinski definition) is 1. The van der Waals surface area contributed by atoms with Crippen LogP contribution in [0.3, 0.4) is 0 Å². The summed E-state index contributed by atoms with van der Waals surface area (Å²) >= 11 is 1.73. The van der Waals surface area contributed by atoms with Crippen LogP contribution in [-0.2, 0) is 19.0 Å². The van der Waals surface area contributed by atoms with Gasteiger partial charge in [0.2, 0.25) is 0 Å². The Morgan fingerprint density at radius 1 is 1.39 bits per heavy atom. The van der Waals surface area contributed by atoms with Crippen molar-refractivity contribution in [2.75, 3.05) is 7.05 Å². The van der Waals surface area contributed by atoms with E-state index >= 15 is 0 Å². The second-order valence-corrected chi connectivity index (χ2v) is 6.53. The lowest BCUT2D eigenvalue weighted by atomic mass is 9.91. The standard InChI is InChI=1S/C13H20N4S/c1-13(2,3)11-10(8-14-4)18-12(15-11)9-6-7-17(5)16-9/h6-7,14H,8H2,1-5H3. The summed E-state index contributed by atoms with van der Waals surface area (Å²) in [6, 6.07) is 2.01. The molecule has 2 aromatic rings. The number of nitrogens with zero attached hydrogens (tertiary/aromatic N) is 3. The monoisotopic (exact) mass is 264 g/mol. The Morgan fingerprint density at radius 2 is 2.11 bits per heavy atom. The smallest absolute Gasteiger partial charge is 0.144 e. The predicted octanol–water partition coefficient (Wildman–Crippen LogP) is 2.56. The number of hydrogen-bond acceptors (Lipinski definition) is 4. The minimum absolute atomic E-state index is 0.0652. The van der Waals surface area contributed by atoms with Gasteiger partial charge in [-0.15, -0.1) is 11.3 Å². The van der Waals surface area contributed by atoms with Crippen molar-refractivity contribution in [2.24, 2.45) is 7.05 Å². The van der Waals surface area contributed by atoms with Crippen molar-refractivity contribution in [1.29, 1.82) is 0 Å². The summed E-state index contributed by atoms with van der Waals surface area (Å²) in [4.78, 5) is 6.08. The Hall–Kier alpha value is -1.20. The summed E-state index contributed by atoms with van der Waals surface area (Å²) in [5.74, 6) is 0. The van der Waals surface area contributed by atoms with Gasteiger partial charge in [0, 0.05) is 30.1 Å². The molecular weight excluding hydrogens is 244 g/mol. The van der Waals surface area contributed by atoms with Gasteiger partial charge in [-0.05, 0) is 13.1 Å². The highest BCUT2D eigenvalue weighted by Gasteiger charge is 2.23. The SMILES string of the molecule is CNCc1sc(-c2ccn(C)n2)nc1C(C)(C)C. The van der Waals surface area contributed by atoms with Crippen molar-refractivity contribution >= 4 is 11.3 Å². The van der Waals surface area contributed by atoms with Crippen molar-refractivity contribution in [1.82, 2.24) is 20.1 Å². The minimum atomic E-state index is 0.0652. The zero-order chi connectivity index (χ0) is 13.3. The number of nitrogens with one attached hydrogen (secondary N) is 1. The summed E-state index contributed by atoms with van der Waals surface area (Å²) in [5.41, 5.74) is 2.19. The fraction of sp³-hybridized carbons (Fsp3) is 0.538. The largest absolute Gasteiger partial charge is 0.315 e. The topological polar surface area (TPSA) is 42.7 Å². The van der Waals surface area contributed by atoms with E-state index in [1.165, 1.54) is 10.6 Å². The molecule has 0 aromatic carbocycles. The fourth-order valence-corrected chi connectivity index (χ4v) is 3.11. The Morgan fingerprint density at radius 3 is 2.61 bits per heavy atom. The van der Waals surface area contributed by atoms with Crippen molar-refractivity contribution in [3.63, 3.8) is 0 Å². The lowest BCUT2D eigenvalue weighted by Gasteiger charge is -2.17. The molecule has 0 saturated carbocycles. The molecule has 0 unspecified atom stereocenters. The first-order valence-electron chi connectivity index (χ1n) is 6.06. The maximum absolute atomic E-state index is 4.79. The van der Waals surface area contributed by atoms with Crippen LogP contribution in [0, 0.1) is 0 Å². The Bertz CT molecular complexity index is 533. The Labute approximate surface area is 112 Å². The number of thiazole rings is 1. The van der Waals surface area contributed by atoms with Gasteiger partial charge in [-0.2, -0.15) is 5.10 Å². The van der Waals surface area contributed by atoms with E-state index in [2.05, 4.69) is 31.2 Å². The third-order valence-electron chi connectivity index (χ3n) is 2.68. The summed E-state index contributed by atoms with van der Waals surface area (Å²) < 4.78 is 1.81. The summed E-state index contributed by atoms with van der Waals surface area (Å²) in [5, 5.41) is 8.64. The van der Waals surface area contributed by atoms with E-state index in [0.717, 1.165) is 17.2 Å². The van der Waals surface area contributed by atoms with Crippen molar-refractivity contribution in [3.8, 4) is 10.7 Å². The normalized spacial score (nSPS) is 12.1. The molecule has 0 aliphatic rings. The van der Waals surface area contributed by atoms with Crippen LogP contribution in [0.4, 0.5) is 0 Å². The summed E-state index contributed by atoms with van der Waals surface area (Å²) in [6.45, 7) is 7.45. The van der Waals surface area contributed by atoms with Gasteiger partial charge >= 0.3 is 0 Å². The average Bonchev–Trinajstić information content (AvgIpc) is 2.84. The van der Waals surface area contributed by atoms with Crippen LogP contribution in [0.15, 0.2) is 12.3 Å². The molecule has 0 spiro atoms. The predicted molar refractivity (Wildman–Crippen MR) is 75.8 cm³/mol. The van der Waals surface area contributed by atoms with Gasteiger partial charge in [0.05, 0.1) is 5.69 Å². The first kappa shape index (κ1) is 13.2. The fourth-order valence-electron chi connectivity index (χ4n) is 1.86. The average molecular weight is 264 g/mol. The van der Waals surface area contributed by atoms with Crippen molar-refractivity contribution < 1.29 is 0 Å². The molecule has 5 heteroatoms. The van der Waals surface area contributed by atoms with Crippen LogP contribution in [0.25, 0.3) is 10.7 Å². The van der Waals surface area contributed by atoms with Gasteiger partial charge in [0.1, 0.15) is 10.7 Å².